The zero-order valence-electron chi connectivity index (χ0n) is 13.2. The molecule has 112 valence electrons. The lowest BCUT2D eigenvalue weighted by Gasteiger charge is -2.31. The van der Waals surface area contributed by atoms with Crippen molar-refractivity contribution >= 4 is 0 Å². The summed E-state index contributed by atoms with van der Waals surface area (Å²) in [7, 11) is 5.45. The molecule has 1 aliphatic rings. The van der Waals surface area contributed by atoms with Crippen LogP contribution in [0.5, 0.6) is 11.5 Å². The van der Waals surface area contributed by atoms with Crippen molar-refractivity contribution < 1.29 is 9.47 Å². The number of benzene rings is 1. The van der Waals surface area contributed by atoms with Crippen molar-refractivity contribution in [3.05, 3.63) is 23.3 Å². The summed E-state index contributed by atoms with van der Waals surface area (Å²) in [6.45, 7) is 2.16. The van der Waals surface area contributed by atoms with Crippen molar-refractivity contribution in [3.8, 4) is 11.5 Å². The second-order valence-electron chi connectivity index (χ2n) is 5.73. The molecule has 2 rings (SSSR count). The molecule has 0 aromatic heterocycles. The number of rotatable bonds is 5. The summed E-state index contributed by atoms with van der Waals surface area (Å²) in [5, 5.41) is 3.52. The van der Waals surface area contributed by atoms with E-state index in [-0.39, 0.29) is 0 Å². The molecule has 1 aromatic carbocycles. The highest BCUT2D eigenvalue weighted by Crippen LogP contribution is 2.39. The lowest BCUT2D eigenvalue weighted by Crippen LogP contribution is -2.27. The van der Waals surface area contributed by atoms with Crippen LogP contribution in [0.2, 0.25) is 0 Å². The molecule has 0 aliphatic heterocycles. The Kier molecular flexibility index (Phi) is 5.30. The summed E-state index contributed by atoms with van der Waals surface area (Å²) in [6.07, 6.45) is 6.74. The van der Waals surface area contributed by atoms with Crippen molar-refractivity contribution in [3.63, 3.8) is 0 Å². The predicted molar refractivity (Wildman–Crippen MR) is 82.7 cm³/mol. The molecule has 1 saturated carbocycles. The highest BCUT2D eigenvalue weighted by Gasteiger charge is 2.26. The Bertz CT molecular complexity index is 439. The lowest BCUT2D eigenvalue weighted by molar-refractivity contribution is 0.279. The number of hydrogen-bond donors (Lipinski definition) is 1. The predicted octanol–water partition coefficient (Wildman–Crippen LogP) is 3.85. The van der Waals surface area contributed by atoms with E-state index in [1.54, 1.807) is 14.2 Å². The van der Waals surface area contributed by atoms with E-state index >= 15 is 0 Å². The van der Waals surface area contributed by atoms with Crippen molar-refractivity contribution in [1.29, 1.82) is 0 Å². The zero-order valence-corrected chi connectivity index (χ0v) is 13.2. The van der Waals surface area contributed by atoms with Crippen LogP contribution < -0.4 is 14.8 Å². The van der Waals surface area contributed by atoms with Crippen LogP contribution in [0.4, 0.5) is 0 Å². The second-order valence-corrected chi connectivity index (χ2v) is 5.73. The van der Waals surface area contributed by atoms with Crippen LogP contribution in [-0.2, 0) is 0 Å². The Morgan fingerprint density at radius 2 is 1.65 bits per heavy atom. The number of hydrogen-bond acceptors (Lipinski definition) is 3. The maximum atomic E-state index is 5.46. The third-order valence-electron chi connectivity index (χ3n) is 4.54. The number of nitrogens with one attached hydrogen (secondary N) is 1. The summed E-state index contributed by atoms with van der Waals surface area (Å²) < 4.78 is 10.8. The zero-order chi connectivity index (χ0) is 14.5. The monoisotopic (exact) mass is 277 g/mol. The average molecular weight is 277 g/mol. The molecular formula is C17H27NO2. The van der Waals surface area contributed by atoms with Gasteiger partial charge in [-0.2, -0.15) is 0 Å². The minimum Gasteiger partial charge on any atom is -0.493 e. The van der Waals surface area contributed by atoms with Crippen molar-refractivity contribution in [2.45, 2.75) is 45.1 Å². The Morgan fingerprint density at radius 1 is 1.05 bits per heavy atom. The first-order chi connectivity index (χ1) is 9.71. The average Bonchev–Trinajstić information content (AvgIpc) is 2.50. The van der Waals surface area contributed by atoms with Gasteiger partial charge < -0.3 is 14.8 Å². The molecule has 0 bridgehead atoms. The van der Waals surface area contributed by atoms with Crippen LogP contribution in [0, 0.1) is 12.8 Å². The fourth-order valence-corrected chi connectivity index (χ4v) is 3.44. The first-order valence-corrected chi connectivity index (χ1v) is 7.61. The van der Waals surface area contributed by atoms with Crippen LogP contribution in [0.3, 0.4) is 0 Å². The van der Waals surface area contributed by atoms with Crippen LogP contribution >= 0.6 is 0 Å². The number of aryl methyl sites for hydroxylation is 1. The van der Waals surface area contributed by atoms with E-state index in [1.807, 2.05) is 0 Å². The highest BCUT2D eigenvalue weighted by molar-refractivity contribution is 5.48. The highest BCUT2D eigenvalue weighted by atomic mass is 16.5. The van der Waals surface area contributed by atoms with Crippen LogP contribution in [0.25, 0.3) is 0 Å². The molecule has 20 heavy (non-hydrogen) atoms. The molecule has 0 amide bonds. The minimum absolute atomic E-state index is 0.412. The minimum atomic E-state index is 0.412. The van der Waals surface area contributed by atoms with Gasteiger partial charge in [0.2, 0.25) is 0 Å². The standard InChI is InChI=1S/C17H27NO2/c1-12-10-15(19-3)16(20-4)11-14(12)17(18-2)13-8-6-5-7-9-13/h10-11,13,17-18H,5-9H2,1-4H3. The SMILES string of the molecule is CNC(c1cc(OC)c(OC)cc1C)C1CCCCC1. The van der Waals surface area contributed by atoms with Crippen molar-refractivity contribution in [2.24, 2.45) is 5.92 Å². The van der Waals surface area contributed by atoms with Gasteiger partial charge in [0, 0.05) is 6.04 Å². The van der Waals surface area contributed by atoms with Gasteiger partial charge in [-0.05, 0) is 56.0 Å². The molecule has 3 heteroatoms. The van der Waals surface area contributed by atoms with Gasteiger partial charge in [-0.15, -0.1) is 0 Å². The van der Waals surface area contributed by atoms with E-state index < -0.39 is 0 Å². The van der Waals surface area contributed by atoms with Crippen LogP contribution in [-0.4, -0.2) is 21.3 Å². The van der Waals surface area contributed by atoms with Gasteiger partial charge in [0.25, 0.3) is 0 Å². The van der Waals surface area contributed by atoms with E-state index in [4.69, 9.17) is 9.47 Å². The molecule has 1 fully saturated rings. The van der Waals surface area contributed by atoms with Gasteiger partial charge in [-0.3, -0.25) is 0 Å². The number of methoxy groups -OCH3 is 2. The lowest BCUT2D eigenvalue weighted by atomic mass is 9.80. The molecular weight excluding hydrogens is 250 g/mol. The summed E-state index contributed by atoms with van der Waals surface area (Å²) >= 11 is 0. The van der Waals surface area contributed by atoms with E-state index in [1.165, 1.54) is 43.2 Å². The van der Waals surface area contributed by atoms with Crippen molar-refractivity contribution in [1.82, 2.24) is 5.32 Å². The number of ether oxygens (including phenoxy) is 2. The summed E-state index contributed by atoms with van der Waals surface area (Å²) in [4.78, 5) is 0. The second kappa shape index (κ2) is 6.98. The van der Waals surface area contributed by atoms with E-state index in [9.17, 15) is 0 Å². The van der Waals surface area contributed by atoms with E-state index in [0.717, 1.165) is 17.4 Å². The van der Waals surface area contributed by atoms with Gasteiger partial charge in [0.1, 0.15) is 0 Å². The van der Waals surface area contributed by atoms with E-state index in [0.29, 0.717) is 6.04 Å². The molecule has 1 aliphatic carbocycles. The van der Waals surface area contributed by atoms with E-state index in [2.05, 4.69) is 31.4 Å². The smallest absolute Gasteiger partial charge is 0.161 e. The Balaban J connectivity index is 2.33. The summed E-state index contributed by atoms with van der Waals surface area (Å²) in [5.41, 5.74) is 2.62. The Hall–Kier alpha value is -1.22. The largest absolute Gasteiger partial charge is 0.493 e. The normalized spacial score (nSPS) is 17.8. The van der Waals surface area contributed by atoms with Crippen LogP contribution in [0.15, 0.2) is 12.1 Å². The van der Waals surface area contributed by atoms with Gasteiger partial charge in [0.15, 0.2) is 11.5 Å². The fraction of sp³-hybridized carbons (Fsp3) is 0.647. The first-order valence-electron chi connectivity index (χ1n) is 7.61. The Labute approximate surface area is 122 Å². The maximum absolute atomic E-state index is 5.46. The summed E-state index contributed by atoms with van der Waals surface area (Å²) in [5.74, 6) is 2.36. The van der Waals surface area contributed by atoms with Gasteiger partial charge in [-0.25, -0.2) is 0 Å². The van der Waals surface area contributed by atoms with Gasteiger partial charge in [0.05, 0.1) is 14.2 Å². The molecule has 0 radical (unpaired) electrons. The van der Waals surface area contributed by atoms with Gasteiger partial charge in [-0.1, -0.05) is 19.3 Å². The Morgan fingerprint density at radius 3 is 2.20 bits per heavy atom. The molecule has 1 atom stereocenters. The quantitative estimate of drug-likeness (QED) is 0.886. The molecule has 0 saturated heterocycles. The summed E-state index contributed by atoms with van der Waals surface area (Å²) in [6, 6.07) is 4.64. The maximum Gasteiger partial charge on any atom is 0.161 e. The third kappa shape index (κ3) is 3.09. The molecule has 3 nitrogen and oxygen atoms in total. The first kappa shape index (κ1) is 15.2. The van der Waals surface area contributed by atoms with Gasteiger partial charge >= 0.3 is 0 Å². The third-order valence-corrected chi connectivity index (χ3v) is 4.54. The topological polar surface area (TPSA) is 30.5 Å². The van der Waals surface area contributed by atoms with Crippen LogP contribution in [0.1, 0.15) is 49.3 Å². The molecule has 0 heterocycles. The fourth-order valence-electron chi connectivity index (χ4n) is 3.44. The van der Waals surface area contributed by atoms with Crippen molar-refractivity contribution in [2.75, 3.05) is 21.3 Å². The molecule has 0 spiro atoms. The molecule has 1 unspecified atom stereocenters. The molecule has 1 aromatic rings. The molecule has 1 N–H and O–H groups in total.